The van der Waals surface area contributed by atoms with Gasteiger partial charge in [0.15, 0.2) is 5.82 Å². The number of aromatic nitrogens is 2. The van der Waals surface area contributed by atoms with Crippen molar-refractivity contribution >= 4 is 11.8 Å². The van der Waals surface area contributed by atoms with Gasteiger partial charge in [0.2, 0.25) is 0 Å². The number of aliphatic carboxylic acids is 1. The Morgan fingerprint density at radius 2 is 2.14 bits per heavy atom. The van der Waals surface area contributed by atoms with Crippen LogP contribution in [0.4, 0.5) is 5.82 Å². The van der Waals surface area contributed by atoms with E-state index in [4.69, 9.17) is 0 Å². The molecule has 2 fully saturated rings. The third kappa shape index (κ3) is 2.32. The van der Waals surface area contributed by atoms with Gasteiger partial charge in [0.25, 0.3) is 5.56 Å². The van der Waals surface area contributed by atoms with Gasteiger partial charge in [-0.15, -0.1) is 0 Å². The van der Waals surface area contributed by atoms with E-state index in [1.807, 2.05) is 13.8 Å². The van der Waals surface area contributed by atoms with Gasteiger partial charge in [0.1, 0.15) is 0 Å². The number of anilines is 1. The predicted octanol–water partition coefficient (Wildman–Crippen LogP) is 1.74. The molecule has 0 aliphatic heterocycles. The third-order valence-electron chi connectivity index (χ3n) is 4.93. The molecule has 1 heterocycles. The molecule has 0 radical (unpaired) electrons. The van der Waals surface area contributed by atoms with Crippen molar-refractivity contribution in [3.63, 3.8) is 0 Å². The lowest BCUT2D eigenvalue weighted by molar-refractivity contribution is -0.143. The normalized spacial score (nSPS) is 30.8. The van der Waals surface area contributed by atoms with E-state index in [0.717, 1.165) is 19.3 Å². The van der Waals surface area contributed by atoms with Crippen LogP contribution in [-0.2, 0) is 4.79 Å². The molecule has 0 spiro atoms. The van der Waals surface area contributed by atoms with Gasteiger partial charge in [0, 0.05) is 24.5 Å². The highest BCUT2D eigenvalue weighted by Crippen LogP contribution is 2.49. The lowest BCUT2D eigenvalue weighted by atomic mass is 9.84. The van der Waals surface area contributed by atoms with Crippen LogP contribution in [-0.4, -0.2) is 26.7 Å². The van der Waals surface area contributed by atoms with Gasteiger partial charge < -0.3 is 15.0 Å². The molecule has 0 aromatic carbocycles. The first-order valence-electron chi connectivity index (χ1n) is 7.55. The summed E-state index contributed by atoms with van der Waals surface area (Å²) in [6, 6.07) is -0.124. The summed E-state index contributed by atoms with van der Waals surface area (Å²) in [6.07, 6.45) is 6.22. The summed E-state index contributed by atoms with van der Waals surface area (Å²) in [6.45, 7) is 3.87. The first-order valence-corrected chi connectivity index (χ1v) is 7.55. The molecule has 3 rings (SSSR count). The number of nitrogens with zero attached hydrogens (tertiary/aromatic N) is 2. The highest BCUT2D eigenvalue weighted by Gasteiger charge is 2.51. The number of carboxylic acids is 1. The summed E-state index contributed by atoms with van der Waals surface area (Å²) in [4.78, 5) is 28.0. The summed E-state index contributed by atoms with van der Waals surface area (Å²) < 4.78 is 1.61. The highest BCUT2D eigenvalue weighted by atomic mass is 16.4. The molecule has 6 heteroatoms. The molecular formula is C15H21N3O3. The van der Waals surface area contributed by atoms with Gasteiger partial charge in [-0.25, -0.2) is 4.98 Å². The Morgan fingerprint density at radius 3 is 2.81 bits per heavy atom. The minimum absolute atomic E-state index is 0.0522. The monoisotopic (exact) mass is 291 g/mol. The molecule has 4 unspecified atom stereocenters. The molecule has 1 aromatic heterocycles. The average molecular weight is 291 g/mol. The maximum atomic E-state index is 12.4. The van der Waals surface area contributed by atoms with Crippen molar-refractivity contribution in [2.75, 3.05) is 5.32 Å². The quantitative estimate of drug-likeness (QED) is 0.882. The van der Waals surface area contributed by atoms with Crippen LogP contribution in [0.3, 0.4) is 0 Å². The lowest BCUT2D eigenvalue weighted by Crippen LogP contribution is -2.41. The fraction of sp³-hybridized carbons (Fsp3) is 0.667. The Hall–Kier alpha value is -1.85. The van der Waals surface area contributed by atoms with Crippen molar-refractivity contribution in [3.05, 3.63) is 22.7 Å². The smallest absolute Gasteiger partial charge is 0.308 e. The van der Waals surface area contributed by atoms with Crippen molar-refractivity contribution in [2.45, 2.75) is 45.2 Å². The molecule has 21 heavy (non-hydrogen) atoms. The SMILES string of the molecule is CC(C)n1ccnc(NC2C3CCC(C3)C2C(=O)O)c1=O. The zero-order chi connectivity index (χ0) is 15.1. The van der Waals surface area contributed by atoms with Crippen LogP contribution in [0.5, 0.6) is 0 Å². The van der Waals surface area contributed by atoms with E-state index >= 15 is 0 Å². The summed E-state index contributed by atoms with van der Waals surface area (Å²) in [5.41, 5.74) is -0.181. The first kappa shape index (κ1) is 14.1. The van der Waals surface area contributed by atoms with E-state index in [1.165, 1.54) is 0 Å². The Morgan fingerprint density at radius 1 is 1.43 bits per heavy atom. The Balaban J connectivity index is 1.88. The standard InChI is InChI=1S/C15H21N3O3/c1-8(2)18-6-5-16-13(14(18)19)17-12-10-4-3-9(7-10)11(12)15(20)21/h5-6,8-12H,3-4,7H2,1-2H3,(H,16,17)(H,20,21). The number of rotatable bonds is 4. The van der Waals surface area contributed by atoms with E-state index < -0.39 is 11.9 Å². The Bertz CT molecular complexity index is 610. The molecule has 2 aliphatic rings. The van der Waals surface area contributed by atoms with Crippen LogP contribution < -0.4 is 10.9 Å². The zero-order valence-electron chi connectivity index (χ0n) is 12.3. The van der Waals surface area contributed by atoms with E-state index in [2.05, 4.69) is 10.3 Å². The topological polar surface area (TPSA) is 84.2 Å². The largest absolute Gasteiger partial charge is 0.481 e. The Labute approximate surface area is 123 Å². The minimum Gasteiger partial charge on any atom is -0.481 e. The van der Waals surface area contributed by atoms with Crippen molar-refractivity contribution in [2.24, 2.45) is 17.8 Å². The second-order valence-corrected chi connectivity index (χ2v) is 6.45. The summed E-state index contributed by atoms with van der Waals surface area (Å²) in [5, 5.41) is 12.6. The third-order valence-corrected chi connectivity index (χ3v) is 4.93. The summed E-state index contributed by atoms with van der Waals surface area (Å²) >= 11 is 0. The van der Waals surface area contributed by atoms with Crippen LogP contribution in [0, 0.1) is 17.8 Å². The van der Waals surface area contributed by atoms with Crippen LogP contribution in [0.25, 0.3) is 0 Å². The number of hydrogen-bond acceptors (Lipinski definition) is 4. The molecule has 2 bridgehead atoms. The van der Waals surface area contributed by atoms with Gasteiger partial charge in [-0.05, 0) is 44.9 Å². The summed E-state index contributed by atoms with van der Waals surface area (Å²) in [7, 11) is 0. The molecule has 6 nitrogen and oxygen atoms in total. The van der Waals surface area contributed by atoms with Crippen molar-refractivity contribution in [3.8, 4) is 0 Å². The lowest BCUT2D eigenvalue weighted by Gasteiger charge is -2.29. The second kappa shape index (κ2) is 5.16. The molecule has 1 aromatic rings. The number of carbonyl (C=O) groups is 1. The fourth-order valence-corrected chi connectivity index (χ4v) is 3.94. The molecule has 114 valence electrons. The van der Waals surface area contributed by atoms with Crippen LogP contribution in [0.2, 0.25) is 0 Å². The minimum atomic E-state index is -0.764. The number of carboxylic acid groups (broad SMARTS) is 1. The van der Waals surface area contributed by atoms with E-state index in [9.17, 15) is 14.7 Å². The molecule has 2 N–H and O–H groups in total. The molecule has 0 amide bonds. The van der Waals surface area contributed by atoms with Crippen LogP contribution in [0.15, 0.2) is 17.2 Å². The van der Waals surface area contributed by atoms with Gasteiger partial charge in [0.05, 0.1) is 5.92 Å². The van der Waals surface area contributed by atoms with Gasteiger partial charge in [-0.2, -0.15) is 0 Å². The maximum absolute atomic E-state index is 12.4. The van der Waals surface area contributed by atoms with Gasteiger partial charge >= 0.3 is 5.97 Å². The molecular weight excluding hydrogens is 270 g/mol. The molecule has 4 atom stereocenters. The van der Waals surface area contributed by atoms with Crippen LogP contribution >= 0.6 is 0 Å². The first-order chi connectivity index (χ1) is 9.99. The molecule has 2 aliphatic carbocycles. The highest BCUT2D eigenvalue weighted by molar-refractivity contribution is 5.73. The Kier molecular flexibility index (Phi) is 3.47. The van der Waals surface area contributed by atoms with Crippen LogP contribution in [0.1, 0.15) is 39.2 Å². The average Bonchev–Trinajstić information content (AvgIpc) is 3.01. The zero-order valence-corrected chi connectivity index (χ0v) is 12.3. The van der Waals surface area contributed by atoms with Crippen molar-refractivity contribution in [1.82, 2.24) is 9.55 Å². The number of nitrogens with one attached hydrogen (secondary N) is 1. The molecule has 0 saturated heterocycles. The van der Waals surface area contributed by atoms with Crippen molar-refractivity contribution < 1.29 is 9.90 Å². The number of hydrogen-bond donors (Lipinski definition) is 2. The summed E-state index contributed by atoms with van der Waals surface area (Å²) in [5.74, 6) is -0.321. The van der Waals surface area contributed by atoms with E-state index in [0.29, 0.717) is 5.92 Å². The second-order valence-electron chi connectivity index (χ2n) is 6.45. The predicted molar refractivity (Wildman–Crippen MR) is 78.2 cm³/mol. The maximum Gasteiger partial charge on any atom is 0.308 e. The van der Waals surface area contributed by atoms with E-state index in [1.54, 1.807) is 17.0 Å². The van der Waals surface area contributed by atoms with Gasteiger partial charge in [-0.3, -0.25) is 9.59 Å². The fourth-order valence-electron chi connectivity index (χ4n) is 3.94. The van der Waals surface area contributed by atoms with Crippen molar-refractivity contribution in [1.29, 1.82) is 0 Å². The van der Waals surface area contributed by atoms with E-state index in [-0.39, 0.29) is 29.4 Å². The molecule has 2 saturated carbocycles. The van der Waals surface area contributed by atoms with Gasteiger partial charge in [-0.1, -0.05) is 0 Å². The number of fused-ring (bicyclic) bond motifs is 2.